The molecule has 4 fully saturated rings. The average Bonchev–Trinajstić information content (AvgIpc) is 2.78. The summed E-state index contributed by atoms with van der Waals surface area (Å²) in [6, 6.07) is 29.5. The topological polar surface area (TPSA) is 52.7 Å². The van der Waals surface area contributed by atoms with Gasteiger partial charge >= 0.3 is 0 Å². The normalized spacial score (nSPS) is 36.7. The van der Waals surface area contributed by atoms with E-state index >= 15 is 0 Å². The summed E-state index contributed by atoms with van der Waals surface area (Å²) in [5.74, 6) is 0. The van der Waals surface area contributed by atoms with Crippen molar-refractivity contribution in [2.75, 3.05) is 31.9 Å². The molecule has 0 radical (unpaired) electrons. The molecule has 0 aromatic heterocycles. The first-order valence-corrected chi connectivity index (χ1v) is 10.8. The van der Waals surface area contributed by atoms with Gasteiger partial charge in [-0.05, 0) is 28.8 Å². The van der Waals surface area contributed by atoms with Crippen LogP contribution in [0, 0.1) is 0 Å². The first-order chi connectivity index (χ1) is 14.6. The van der Waals surface area contributed by atoms with E-state index < -0.39 is 6.10 Å². The van der Waals surface area contributed by atoms with Gasteiger partial charge in [-0.1, -0.05) is 72.8 Å². The molecular formula is C26H27N3O. The van der Waals surface area contributed by atoms with E-state index in [-0.39, 0.29) is 17.0 Å². The molecule has 0 aliphatic carbocycles. The lowest BCUT2D eigenvalue weighted by Crippen LogP contribution is -2.81. The Bertz CT molecular complexity index is 992. The summed E-state index contributed by atoms with van der Waals surface area (Å²) >= 11 is 0. The molecule has 0 amide bonds. The number of benzene rings is 3. The maximum absolute atomic E-state index is 12.0. The van der Waals surface area contributed by atoms with Crippen LogP contribution in [0.25, 0.3) is 0 Å². The Hall–Kier alpha value is -2.66. The van der Waals surface area contributed by atoms with Crippen molar-refractivity contribution < 1.29 is 5.11 Å². The lowest BCUT2D eigenvalue weighted by atomic mass is 9.54. The van der Waals surface area contributed by atoms with Crippen molar-refractivity contribution in [1.82, 2.24) is 9.80 Å². The Labute approximate surface area is 177 Å². The van der Waals surface area contributed by atoms with Gasteiger partial charge in [0.1, 0.15) is 0 Å². The number of nitrogens with zero attached hydrogens (tertiary/aromatic N) is 2. The molecule has 4 nitrogen and oxygen atoms in total. The second kappa shape index (κ2) is 6.42. The summed E-state index contributed by atoms with van der Waals surface area (Å²) in [6.07, 6.45) is -0.223. The van der Waals surface area contributed by atoms with Gasteiger partial charge in [-0.3, -0.25) is 9.80 Å². The number of aliphatic hydroxyl groups is 1. The molecule has 0 atom stereocenters. The number of aliphatic hydroxyl groups excluding tert-OH is 1. The van der Waals surface area contributed by atoms with Gasteiger partial charge < -0.3 is 10.8 Å². The van der Waals surface area contributed by atoms with Gasteiger partial charge in [-0.15, -0.1) is 0 Å². The zero-order chi connectivity index (χ0) is 20.3. The van der Waals surface area contributed by atoms with Crippen molar-refractivity contribution in [3.05, 3.63) is 102 Å². The van der Waals surface area contributed by atoms with Crippen LogP contribution in [0.2, 0.25) is 0 Å². The van der Waals surface area contributed by atoms with E-state index in [9.17, 15) is 5.11 Å². The summed E-state index contributed by atoms with van der Waals surface area (Å²) in [5.41, 5.74) is 10.0. The number of rotatable bonds is 3. The van der Waals surface area contributed by atoms with Gasteiger partial charge in [-0.25, -0.2) is 0 Å². The minimum absolute atomic E-state index is 0.203. The molecule has 3 aromatic carbocycles. The molecule has 152 valence electrons. The molecule has 0 spiro atoms. The minimum atomic E-state index is -0.427. The highest BCUT2D eigenvalue weighted by atomic mass is 16.3. The third-order valence-corrected chi connectivity index (χ3v) is 7.59. The van der Waals surface area contributed by atoms with Crippen LogP contribution in [-0.2, 0) is 10.8 Å². The molecule has 4 saturated heterocycles. The number of hydrogen-bond acceptors (Lipinski definition) is 4. The minimum Gasteiger partial charge on any atom is -0.399 e. The molecule has 4 aliphatic heterocycles. The molecule has 4 aliphatic rings. The average molecular weight is 398 g/mol. The van der Waals surface area contributed by atoms with Crippen molar-refractivity contribution in [2.45, 2.75) is 23.1 Å². The predicted molar refractivity (Wildman–Crippen MR) is 119 cm³/mol. The zero-order valence-electron chi connectivity index (χ0n) is 17.0. The summed E-state index contributed by atoms with van der Waals surface area (Å²) in [7, 11) is 0. The Morgan fingerprint density at radius 2 is 1.20 bits per heavy atom. The Morgan fingerprint density at radius 1 is 0.700 bits per heavy atom. The molecule has 3 aromatic rings. The van der Waals surface area contributed by atoms with Crippen LogP contribution in [0.15, 0.2) is 84.9 Å². The van der Waals surface area contributed by atoms with Crippen molar-refractivity contribution in [3.8, 4) is 0 Å². The van der Waals surface area contributed by atoms with Crippen molar-refractivity contribution >= 4 is 5.69 Å². The van der Waals surface area contributed by atoms with E-state index in [1.807, 2.05) is 12.1 Å². The van der Waals surface area contributed by atoms with Crippen LogP contribution in [0.5, 0.6) is 0 Å². The monoisotopic (exact) mass is 397 g/mol. The quantitative estimate of drug-likeness (QED) is 0.667. The Balaban J connectivity index is 1.51. The van der Waals surface area contributed by atoms with E-state index in [0.717, 1.165) is 31.9 Å². The summed E-state index contributed by atoms with van der Waals surface area (Å²) in [6.45, 7) is 3.40. The van der Waals surface area contributed by atoms with Crippen molar-refractivity contribution in [2.24, 2.45) is 0 Å². The van der Waals surface area contributed by atoms with E-state index in [1.165, 1.54) is 16.7 Å². The number of nitrogens with two attached hydrogens (primary N) is 1. The Morgan fingerprint density at radius 3 is 1.67 bits per heavy atom. The predicted octanol–water partition coefficient (Wildman–Crippen LogP) is 3.15. The molecule has 4 bridgehead atoms. The number of hydrogen-bond donors (Lipinski definition) is 2. The van der Waals surface area contributed by atoms with Crippen LogP contribution in [0.3, 0.4) is 0 Å². The van der Waals surface area contributed by atoms with E-state index in [0.29, 0.717) is 0 Å². The third-order valence-electron chi connectivity index (χ3n) is 7.59. The van der Waals surface area contributed by atoms with E-state index in [2.05, 4.69) is 82.6 Å². The summed E-state index contributed by atoms with van der Waals surface area (Å²) in [4.78, 5) is 5.13. The van der Waals surface area contributed by atoms with E-state index in [1.54, 1.807) is 0 Å². The first kappa shape index (κ1) is 18.1. The SMILES string of the molecule is Nc1cccc(C2N3CC4(c5ccccc5)CN2CC(c2ccccc2)(C3)C4O)c1. The highest BCUT2D eigenvalue weighted by Crippen LogP contribution is 2.56. The molecule has 4 heteroatoms. The molecular weight excluding hydrogens is 370 g/mol. The lowest BCUT2D eigenvalue weighted by molar-refractivity contribution is -0.209. The van der Waals surface area contributed by atoms with Crippen LogP contribution in [0.1, 0.15) is 22.9 Å². The smallest absolute Gasteiger partial charge is 0.0888 e. The maximum Gasteiger partial charge on any atom is 0.0888 e. The molecule has 7 rings (SSSR count). The lowest BCUT2D eigenvalue weighted by Gasteiger charge is -2.69. The van der Waals surface area contributed by atoms with Crippen LogP contribution in [0.4, 0.5) is 5.69 Å². The Kier molecular flexibility index (Phi) is 3.88. The highest BCUT2D eigenvalue weighted by molar-refractivity contribution is 5.46. The van der Waals surface area contributed by atoms with Crippen LogP contribution >= 0.6 is 0 Å². The third kappa shape index (κ3) is 2.38. The van der Waals surface area contributed by atoms with Gasteiger partial charge in [0.05, 0.1) is 12.3 Å². The molecule has 4 heterocycles. The largest absolute Gasteiger partial charge is 0.399 e. The van der Waals surface area contributed by atoms with E-state index in [4.69, 9.17) is 5.73 Å². The van der Waals surface area contributed by atoms with Gasteiger partial charge in [0.15, 0.2) is 0 Å². The molecule has 3 N–H and O–H groups in total. The maximum atomic E-state index is 12.0. The van der Waals surface area contributed by atoms with Crippen LogP contribution in [-0.4, -0.2) is 47.2 Å². The number of nitrogen functional groups attached to an aromatic ring is 1. The number of piperidine rings is 2. The van der Waals surface area contributed by atoms with Gasteiger partial charge in [-0.2, -0.15) is 0 Å². The molecule has 0 saturated carbocycles. The summed E-state index contributed by atoms with van der Waals surface area (Å²) < 4.78 is 0. The highest BCUT2D eigenvalue weighted by Gasteiger charge is 2.66. The van der Waals surface area contributed by atoms with Crippen LogP contribution < -0.4 is 5.73 Å². The first-order valence-electron chi connectivity index (χ1n) is 10.8. The second-order valence-electron chi connectivity index (χ2n) is 9.30. The zero-order valence-corrected chi connectivity index (χ0v) is 17.0. The fourth-order valence-corrected chi connectivity index (χ4v) is 6.48. The standard InChI is InChI=1S/C26H27N3O/c27-22-13-7-8-19(14-22)23-28-15-25(20-9-3-1-4-10-20)16-29(23)18-26(17-28,24(25)30)21-11-5-2-6-12-21/h1-14,23-24,30H,15-18,27H2. The fourth-order valence-electron chi connectivity index (χ4n) is 6.48. The summed E-state index contributed by atoms with van der Waals surface area (Å²) in [5, 5.41) is 12.0. The number of anilines is 1. The molecule has 30 heavy (non-hydrogen) atoms. The van der Waals surface area contributed by atoms with Gasteiger partial charge in [0.25, 0.3) is 0 Å². The van der Waals surface area contributed by atoms with Crippen molar-refractivity contribution in [1.29, 1.82) is 0 Å². The molecule has 0 unspecified atom stereocenters. The van der Waals surface area contributed by atoms with Gasteiger partial charge in [0.2, 0.25) is 0 Å². The van der Waals surface area contributed by atoms with Gasteiger partial charge in [0, 0.05) is 42.7 Å². The van der Waals surface area contributed by atoms with Crippen molar-refractivity contribution in [3.63, 3.8) is 0 Å². The second-order valence-corrected chi connectivity index (χ2v) is 9.30. The fraction of sp³-hybridized carbons (Fsp3) is 0.308.